The van der Waals surface area contributed by atoms with Gasteiger partial charge in [0.1, 0.15) is 0 Å². The Balaban J connectivity index is 0.00000400. The molecule has 0 aromatic carbocycles. The second-order valence-electron chi connectivity index (χ2n) is 14.0. The molecule has 6 aliphatic rings. The number of fused-ring (bicyclic) bond motifs is 8. The molecule has 3 aromatic heterocycles. The minimum absolute atomic E-state index is 0. The van der Waals surface area contributed by atoms with Crippen molar-refractivity contribution in [2.75, 3.05) is 28.2 Å². The van der Waals surface area contributed by atoms with Gasteiger partial charge < -0.3 is 29.6 Å². The van der Waals surface area contributed by atoms with E-state index in [4.69, 9.17) is 9.97 Å². The molecule has 0 spiro atoms. The Bertz CT molecular complexity index is 2100. The van der Waals surface area contributed by atoms with Crippen LogP contribution in [0.2, 0.25) is 0 Å². The molecule has 3 aromatic rings. The Morgan fingerprint density at radius 1 is 0.396 bits per heavy atom. The molecule has 1 radical (unpaired) electrons. The zero-order chi connectivity index (χ0) is 35.3. The molecule has 0 saturated carbocycles. The number of H-pyrrole nitrogens is 2. The van der Waals surface area contributed by atoms with Crippen molar-refractivity contribution in [3.05, 3.63) is 167 Å². The molecule has 53 heavy (non-hydrogen) atoms. The molecular formula is C44H42MnN8. The van der Waals surface area contributed by atoms with E-state index in [-0.39, 0.29) is 41.2 Å². The Morgan fingerprint density at radius 3 is 0.868 bits per heavy atom. The number of aromatic nitrogens is 4. The third-order valence-corrected chi connectivity index (χ3v) is 10.8. The SMILES string of the molecule is CN1C=CC=CC1c1c2nc(c(C3C=CC=CN3C)c3ccc([nH]3)c(C3C=CC=CN3C)c3nc(c(C4C=CC=CN4C)c4ccc1[nH]4)C=C3)C=C2.[Mn]. The van der Waals surface area contributed by atoms with Crippen LogP contribution in [0.25, 0.3) is 46.4 Å². The van der Waals surface area contributed by atoms with Crippen molar-refractivity contribution in [2.24, 2.45) is 0 Å². The van der Waals surface area contributed by atoms with Gasteiger partial charge in [0.05, 0.1) is 46.9 Å². The molecule has 6 aliphatic heterocycles. The summed E-state index contributed by atoms with van der Waals surface area (Å²) in [6, 6.07) is 8.77. The molecule has 0 fully saturated rings. The van der Waals surface area contributed by atoms with E-state index in [1.165, 1.54) is 0 Å². The Hall–Kier alpha value is -5.76. The predicted molar refractivity (Wildman–Crippen MR) is 214 cm³/mol. The summed E-state index contributed by atoms with van der Waals surface area (Å²) in [5, 5.41) is 0. The van der Waals surface area contributed by atoms with Crippen LogP contribution < -0.4 is 0 Å². The summed E-state index contributed by atoms with van der Waals surface area (Å²) in [6.07, 6.45) is 43.0. The standard InChI is InChI=1S/C44H42N8.Mn/c1-49-25-9-5-13-37(49)41-29-17-19-31(45-29)42(38-14-6-10-26-50(38)2)33-21-23-35(47-33)44(40-16-8-12-28-52(40)4)36-24-22-34(48-36)43(32-20-18-30(41)46-32)39-15-7-11-27-51(39)3;/h5-28,37-40,45,48H,1-4H3;. The molecule has 0 amide bonds. The summed E-state index contributed by atoms with van der Waals surface area (Å²) in [5.41, 5.74) is 12.3. The molecule has 0 saturated heterocycles. The van der Waals surface area contributed by atoms with Gasteiger partial charge in [-0.3, -0.25) is 0 Å². The first-order valence-electron chi connectivity index (χ1n) is 17.9. The summed E-state index contributed by atoms with van der Waals surface area (Å²) in [7, 11) is 8.50. The van der Waals surface area contributed by atoms with Crippen molar-refractivity contribution in [3.63, 3.8) is 0 Å². The fraction of sp³-hybridized carbons (Fsp3) is 0.182. The zero-order valence-electron chi connectivity index (χ0n) is 30.2. The molecule has 265 valence electrons. The van der Waals surface area contributed by atoms with Crippen molar-refractivity contribution >= 4 is 46.4 Å². The van der Waals surface area contributed by atoms with Gasteiger partial charge in [-0.05, 0) is 97.7 Å². The Kier molecular flexibility index (Phi) is 9.06. The second-order valence-corrected chi connectivity index (χ2v) is 14.0. The third-order valence-electron chi connectivity index (χ3n) is 10.8. The van der Waals surface area contributed by atoms with Crippen LogP contribution in [0.4, 0.5) is 0 Å². The van der Waals surface area contributed by atoms with Crippen LogP contribution in [0.3, 0.4) is 0 Å². The maximum atomic E-state index is 5.48. The van der Waals surface area contributed by atoms with E-state index in [0.29, 0.717) is 0 Å². The molecule has 4 atom stereocenters. The van der Waals surface area contributed by atoms with Crippen molar-refractivity contribution in [1.82, 2.24) is 39.5 Å². The van der Waals surface area contributed by atoms with E-state index >= 15 is 0 Å². The van der Waals surface area contributed by atoms with Gasteiger partial charge in [-0.25, -0.2) is 9.97 Å². The van der Waals surface area contributed by atoms with E-state index in [1.54, 1.807) is 0 Å². The topological polar surface area (TPSA) is 70.3 Å². The second kappa shape index (κ2) is 14.0. The van der Waals surface area contributed by atoms with Gasteiger partial charge in [0.15, 0.2) is 0 Å². The predicted octanol–water partition coefficient (Wildman–Crippen LogP) is 8.88. The van der Waals surface area contributed by atoms with Crippen LogP contribution in [0.5, 0.6) is 0 Å². The number of likely N-dealkylation sites (N-methyl/N-ethyl adjacent to an activating group) is 4. The van der Waals surface area contributed by atoms with Crippen molar-refractivity contribution < 1.29 is 17.1 Å². The maximum absolute atomic E-state index is 5.48. The number of nitrogens with one attached hydrogen (secondary N) is 2. The van der Waals surface area contributed by atoms with Gasteiger partial charge in [-0.1, -0.05) is 48.6 Å². The third kappa shape index (κ3) is 6.06. The van der Waals surface area contributed by atoms with E-state index in [2.05, 4.69) is 204 Å². The van der Waals surface area contributed by atoms with Gasteiger partial charge in [0, 0.05) is 89.6 Å². The van der Waals surface area contributed by atoms with Crippen LogP contribution in [0, 0.1) is 0 Å². The summed E-state index contributed by atoms with van der Waals surface area (Å²) in [5.74, 6) is 0. The summed E-state index contributed by atoms with van der Waals surface area (Å²) < 4.78 is 0. The quantitative estimate of drug-likeness (QED) is 0.180. The Labute approximate surface area is 321 Å². The molecule has 0 aliphatic carbocycles. The first-order chi connectivity index (χ1) is 25.4. The fourth-order valence-electron chi connectivity index (χ4n) is 8.07. The van der Waals surface area contributed by atoms with Crippen molar-refractivity contribution in [2.45, 2.75) is 24.2 Å². The molecular weight excluding hydrogens is 695 g/mol. The van der Waals surface area contributed by atoms with Gasteiger partial charge >= 0.3 is 0 Å². The molecule has 4 unspecified atom stereocenters. The first-order valence-corrected chi connectivity index (χ1v) is 17.9. The largest absolute Gasteiger partial charge is 0.370 e. The number of hydrogen-bond donors (Lipinski definition) is 2. The minimum atomic E-state index is -0.0158. The van der Waals surface area contributed by atoms with Crippen LogP contribution in [-0.4, -0.2) is 67.7 Å². The van der Waals surface area contributed by atoms with Gasteiger partial charge in [0.25, 0.3) is 0 Å². The van der Waals surface area contributed by atoms with Gasteiger partial charge in [-0.15, -0.1) is 0 Å². The molecule has 9 heterocycles. The number of aromatic amines is 2. The van der Waals surface area contributed by atoms with Gasteiger partial charge in [-0.2, -0.15) is 0 Å². The number of rotatable bonds is 4. The molecule has 8 nitrogen and oxygen atoms in total. The number of hydrogen-bond acceptors (Lipinski definition) is 6. The van der Waals surface area contributed by atoms with Crippen LogP contribution >= 0.6 is 0 Å². The Morgan fingerprint density at radius 2 is 0.642 bits per heavy atom. The maximum Gasteiger partial charge on any atom is 0.0762 e. The zero-order valence-corrected chi connectivity index (χ0v) is 31.4. The normalized spacial score (nSPS) is 22.4. The molecule has 9 rings (SSSR count). The summed E-state index contributed by atoms with van der Waals surface area (Å²) >= 11 is 0. The minimum Gasteiger partial charge on any atom is -0.370 e. The number of nitrogens with zero attached hydrogens (tertiary/aromatic N) is 6. The smallest absolute Gasteiger partial charge is 0.0762 e. The number of allylic oxidation sites excluding steroid dienone is 8. The van der Waals surface area contributed by atoms with Crippen LogP contribution in [0.1, 0.15) is 69.2 Å². The van der Waals surface area contributed by atoms with Crippen molar-refractivity contribution in [1.29, 1.82) is 0 Å². The molecule has 8 bridgehead atoms. The monoisotopic (exact) mass is 737 g/mol. The molecule has 2 N–H and O–H groups in total. The summed E-state index contributed by atoms with van der Waals surface area (Å²) in [6.45, 7) is 0. The summed E-state index contributed by atoms with van der Waals surface area (Å²) in [4.78, 5) is 27.7. The average Bonchev–Trinajstić information content (AvgIpc) is 3.99. The van der Waals surface area contributed by atoms with E-state index in [0.717, 1.165) is 67.1 Å². The van der Waals surface area contributed by atoms with E-state index in [9.17, 15) is 0 Å². The van der Waals surface area contributed by atoms with Crippen molar-refractivity contribution in [3.8, 4) is 0 Å². The fourth-order valence-corrected chi connectivity index (χ4v) is 8.07. The van der Waals surface area contributed by atoms with E-state index in [1.807, 2.05) is 0 Å². The van der Waals surface area contributed by atoms with Crippen LogP contribution in [0.15, 0.2) is 122 Å². The first kappa shape index (κ1) is 34.3. The van der Waals surface area contributed by atoms with E-state index < -0.39 is 0 Å². The van der Waals surface area contributed by atoms with Crippen LogP contribution in [-0.2, 0) is 17.1 Å². The van der Waals surface area contributed by atoms with Gasteiger partial charge in [0.2, 0.25) is 0 Å². The molecule has 9 heteroatoms. The average molecular weight is 738 g/mol.